The minimum Gasteiger partial charge on any atom is -0.497 e. The Labute approximate surface area is 120 Å². The quantitative estimate of drug-likeness (QED) is 0.856. The zero-order chi connectivity index (χ0) is 14.6. The van der Waals surface area contributed by atoms with Crippen molar-refractivity contribution in [2.75, 3.05) is 32.3 Å². The van der Waals surface area contributed by atoms with E-state index in [9.17, 15) is 8.42 Å². The van der Waals surface area contributed by atoms with Crippen molar-refractivity contribution in [2.24, 2.45) is 5.92 Å². The van der Waals surface area contributed by atoms with Crippen molar-refractivity contribution in [3.8, 4) is 11.5 Å². The molecule has 1 heterocycles. The van der Waals surface area contributed by atoms with Crippen LogP contribution >= 0.6 is 0 Å². The predicted octanol–water partition coefficient (Wildman–Crippen LogP) is 1.23. The van der Waals surface area contributed by atoms with Gasteiger partial charge < -0.3 is 14.8 Å². The van der Waals surface area contributed by atoms with E-state index in [-0.39, 0.29) is 5.92 Å². The Morgan fingerprint density at radius 3 is 2.70 bits per heavy atom. The molecule has 1 N–H and O–H groups in total. The van der Waals surface area contributed by atoms with Gasteiger partial charge in [-0.25, -0.2) is 8.42 Å². The molecule has 5 nitrogen and oxygen atoms in total. The Bertz CT molecular complexity index is 556. The van der Waals surface area contributed by atoms with Gasteiger partial charge in [-0.1, -0.05) is 6.07 Å². The van der Waals surface area contributed by atoms with E-state index in [1.807, 2.05) is 18.2 Å². The van der Waals surface area contributed by atoms with Gasteiger partial charge in [0.15, 0.2) is 9.84 Å². The molecule has 1 aliphatic heterocycles. The summed E-state index contributed by atoms with van der Waals surface area (Å²) in [4.78, 5) is 0. The summed E-state index contributed by atoms with van der Waals surface area (Å²) in [7, 11) is 0.452. The van der Waals surface area contributed by atoms with Crippen LogP contribution in [0.3, 0.4) is 0 Å². The molecular formula is C14H21NO4S. The van der Waals surface area contributed by atoms with Crippen LogP contribution in [0, 0.1) is 5.92 Å². The van der Waals surface area contributed by atoms with Crippen LogP contribution in [0.1, 0.15) is 12.0 Å². The lowest BCUT2D eigenvalue weighted by molar-refractivity contribution is 0.389. The van der Waals surface area contributed by atoms with Gasteiger partial charge in [-0.05, 0) is 24.9 Å². The van der Waals surface area contributed by atoms with Gasteiger partial charge in [0.25, 0.3) is 0 Å². The fourth-order valence-corrected chi connectivity index (χ4v) is 4.30. The van der Waals surface area contributed by atoms with Crippen molar-refractivity contribution in [3.05, 3.63) is 23.8 Å². The third-order valence-corrected chi connectivity index (χ3v) is 5.41. The summed E-state index contributed by atoms with van der Waals surface area (Å²) >= 11 is 0. The molecule has 0 saturated carbocycles. The molecule has 1 aromatic rings. The lowest BCUT2D eigenvalue weighted by atomic mass is 10.1. The predicted molar refractivity (Wildman–Crippen MR) is 78.0 cm³/mol. The van der Waals surface area contributed by atoms with E-state index in [2.05, 4.69) is 5.32 Å². The lowest BCUT2D eigenvalue weighted by Gasteiger charge is -2.13. The van der Waals surface area contributed by atoms with Gasteiger partial charge in [0.05, 0.1) is 25.7 Å². The van der Waals surface area contributed by atoms with Crippen molar-refractivity contribution >= 4 is 9.84 Å². The molecule has 1 saturated heterocycles. The molecule has 6 heteroatoms. The van der Waals surface area contributed by atoms with E-state index in [1.54, 1.807) is 14.2 Å². The average molecular weight is 299 g/mol. The Morgan fingerprint density at radius 2 is 2.10 bits per heavy atom. The summed E-state index contributed by atoms with van der Waals surface area (Å²) in [6.45, 7) is 1.37. The molecule has 0 amide bonds. The van der Waals surface area contributed by atoms with Gasteiger partial charge in [0, 0.05) is 18.2 Å². The third kappa shape index (κ3) is 3.86. The second kappa shape index (κ2) is 6.45. The maximum atomic E-state index is 11.4. The summed E-state index contributed by atoms with van der Waals surface area (Å²) in [5.74, 6) is 2.39. The molecule has 112 valence electrons. The molecule has 1 fully saturated rings. The number of sulfone groups is 1. The smallest absolute Gasteiger partial charge is 0.150 e. The summed E-state index contributed by atoms with van der Waals surface area (Å²) < 4.78 is 33.2. The highest BCUT2D eigenvalue weighted by Gasteiger charge is 2.27. The van der Waals surface area contributed by atoms with Gasteiger partial charge in [0.1, 0.15) is 11.5 Å². The molecule has 20 heavy (non-hydrogen) atoms. The zero-order valence-corrected chi connectivity index (χ0v) is 12.7. The SMILES string of the molecule is COc1ccc(CNCC2CCS(=O)(=O)C2)c(OC)c1. The average Bonchev–Trinajstić information content (AvgIpc) is 2.78. The Kier molecular flexibility index (Phi) is 4.88. The first kappa shape index (κ1) is 15.1. The van der Waals surface area contributed by atoms with E-state index < -0.39 is 9.84 Å². The van der Waals surface area contributed by atoms with Crippen LogP contribution in [-0.4, -0.2) is 40.7 Å². The Morgan fingerprint density at radius 1 is 1.30 bits per heavy atom. The Balaban J connectivity index is 1.88. The molecule has 1 unspecified atom stereocenters. The summed E-state index contributed by atoms with van der Waals surface area (Å²) in [5, 5.41) is 3.31. The van der Waals surface area contributed by atoms with Crippen LogP contribution in [0.15, 0.2) is 18.2 Å². The standard InChI is InChI=1S/C14H21NO4S/c1-18-13-4-3-12(14(7-13)19-2)9-15-8-11-5-6-20(16,17)10-11/h3-4,7,11,15H,5-6,8-10H2,1-2H3. The third-order valence-electron chi connectivity index (χ3n) is 3.57. The van der Waals surface area contributed by atoms with Gasteiger partial charge in [-0.15, -0.1) is 0 Å². The van der Waals surface area contributed by atoms with Gasteiger partial charge >= 0.3 is 0 Å². The number of rotatable bonds is 6. The number of ether oxygens (including phenoxy) is 2. The van der Waals surface area contributed by atoms with Gasteiger partial charge in [-0.2, -0.15) is 0 Å². The summed E-state index contributed by atoms with van der Waals surface area (Å²) in [6, 6.07) is 5.69. The highest BCUT2D eigenvalue weighted by atomic mass is 32.2. The lowest BCUT2D eigenvalue weighted by Crippen LogP contribution is -2.23. The maximum Gasteiger partial charge on any atom is 0.150 e. The number of hydrogen-bond donors (Lipinski definition) is 1. The normalized spacial score (nSPS) is 20.8. The topological polar surface area (TPSA) is 64.6 Å². The first-order valence-electron chi connectivity index (χ1n) is 6.66. The largest absolute Gasteiger partial charge is 0.497 e. The van der Waals surface area contributed by atoms with Crippen molar-refractivity contribution in [2.45, 2.75) is 13.0 Å². The number of benzene rings is 1. The van der Waals surface area contributed by atoms with Crippen molar-refractivity contribution in [3.63, 3.8) is 0 Å². The highest BCUT2D eigenvalue weighted by Crippen LogP contribution is 2.24. The van der Waals surface area contributed by atoms with Crippen LogP contribution in [0.2, 0.25) is 0 Å². The van der Waals surface area contributed by atoms with Crippen LogP contribution < -0.4 is 14.8 Å². The number of hydrogen-bond acceptors (Lipinski definition) is 5. The fraction of sp³-hybridized carbons (Fsp3) is 0.571. The van der Waals surface area contributed by atoms with Gasteiger partial charge in [0.2, 0.25) is 0 Å². The molecule has 0 aliphatic carbocycles. The van der Waals surface area contributed by atoms with Gasteiger partial charge in [-0.3, -0.25) is 0 Å². The van der Waals surface area contributed by atoms with Crippen molar-refractivity contribution in [1.82, 2.24) is 5.32 Å². The number of methoxy groups -OCH3 is 2. The second-order valence-electron chi connectivity index (χ2n) is 5.08. The van der Waals surface area contributed by atoms with Crippen molar-refractivity contribution in [1.29, 1.82) is 0 Å². The molecule has 0 aromatic heterocycles. The molecule has 0 radical (unpaired) electrons. The minimum atomic E-state index is -2.79. The van der Waals surface area contributed by atoms with E-state index in [0.29, 0.717) is 24.6 Å². The molecule has 1 aromatic carbocycles. The molecule has 1 atom stereocenters. The van der Waals surface area contributed by atoms with Crippen LogP contribution in [0.25, 0.3) is 0 Å². The molecule has 0 spiro atoms. The molecular weight excluding hydrogens is 278 g/mol. The fourth-order valence-electron chi connectivity index (χ4n) is 2.44. The molecule has 1 aliphatic rings. The van der Waals surface area contributed by atoms with E-state index in [4.69, 9.17) is 9.47 Å². The minimum absolute atomic E-state index is 0.226. The molecule has 2 rings (SSSR count). The first-order chi connectivity index (χ1) is 9.54. The Hall–Kier alpha value is -1.27. The second-order valence-corrected chi connectivity index (χ2v) is 7.31. The van der Waals surface area contributed by atoms with Crippen molar-refractivity contribution < 1.29 is 17.9 Å². The van der Waals surface area contributed by atoms with E-state index >= 15 is 0 Å². The first-order valence-corrected chi connectivity index (χ1v) is 8.48. The summed E-state index contributed by atoms with van der Waals surface area (Å²) in [6.07, 6.45) is 0.759. The van der Waals surface area contributed by atoms with Crippen LogP contribution in [0.5, 0.6) is 11.5 Å². The monoisotopic (exact) mass is 299 g/mol. The van der Waals surface area contributed by atoms with E-state index in [0.717, 1.165) is 23.5 Å². The highest BCUT2D eigenvalue weighted by molar-refractivity contribution is 7.91. The van der Waals surface area contributed by atoms with Crippen LogP contribution in [0.4, 0.5) is 0 Å². The number of nitrogens with one attached hydrogen (secondary N) is 1. The van der Waals surface area contributed by atoms with E-state index in [1.165, 1.54) is 0 Å². The van der Waals surface area contributed by atoms with Crippen LogP contribution in [-0.2, 0) is 16.4 Å². The zero-order valence-electron chi connectivity index (χ0n) is 11.9. The molecule has 0 bridgehead atoms. The maximum absolute atomic E-state index is 11.4. The summed E-state index contributed by atoms with van der Waals surface area (Å²) in [5.41, 5.74) is 1.04.